The molecule has 90 valence electrons. The predicted octanol–water partition coefficient (Wildman–Crippen LogP) is 1.18. The van der Waals surface area contributed by atoms with Crippen LogP contribution >= 0.6 is 11.8 Å². The van der Waals surface area contributed by atoms with Crippen molar-refractivity contribution >= 4 is 17.6 Å². The Morgan fingerprint density at radius 3 is 2.75 bits per heavy atom. The molecule has 1 rings (SSSR count). The van der Waals surface area contributed by atoms with E-state index >= 15 is 0 Å². The summed E-state index contributed by atoms with van der Waals surface area (Å²) in [6.07, 6.45) is 1.94. The third-order valence-corrected chi connectivity index (χ3v) is 2.46. The molecular formula is C10H18N4OS. The van der Waals surface area contributed by atoms with Crippen LogP contribution in [0.15, 0.2) is 11.2 Å². The Balaban J connectivity index is 2.64. The molecule has 0 aromatic carbocycles. The van der Waals surface area contributed by atoms with Crippen LogP contribution in [0, 0.1) is 0 Å². The molecule has 0 saturated heterocycles. The third-order valence-electron chi connectivity index (χ3n) is 1.91. The van der Waals surface area contributed by atoms with Crippen molar-refractivity contribution in [3.8, 4) is 5.88 Å². The summed E-state index contributed by atoms with van der Waals surface area (Å²) >= 11 is 1.50. The highest BCUT2D eigenvalue weighted by Crippen LogP contribution is 2.18. The van der Waals surface area contributed by atoms with Gasteiger partial charge in [-0.05, 0) is 20.4 Å². The van der Waals surface area contributed by atoms with Gasteiger partial charge in [0, 0.05) is 19.7 Å². The van der Waals surface area contributed by atoms with Gasteiger partial charge in [-0.15, -0.1) is 0 Å². The maximum Gasteiger partial charge on any atom is 0.219 e. The highest BCUT2D eigenvalue weighted by Gasteiger charge is 2.03. The average molecular weight is 242 g/mol. The maximum atomic E-state index is 5.56. The minimum atomic E-state index is 0.616. The van der Waals surface area contributed by atoms with Crippen molar-refractivity contribution in [2.24, 2.45) is 0 Å². The zero-order valence-corrected chi connectivity index (χ0v) is 11.0. The van der Waals surface area contributed by atoms with Gasteiger partial charge in [-0.2, -0.15) is 4.98 Å². The number of hydrogen-bond acceptors (Lipinski definition) is 6. The number of aromatic nitrogens is 2. The zero-order valence-electron chi connectivity index (χ0n) is 10.1. The van der Waals surface area contributed by atoms with Gasteiger partial charge in [0.1, 0.15) is 12.4 Å². The van der Waals surface area contributed by atoms with Gasteiger partial charge >= 0.3 is 0 Å². The topological polar surface area (TPSA) is 50.3 Å². The molecule has 0 spiro atoms. The molecule has 0 atom stereocenters. The SMILES string of the molecule is CNc1cc(OCCN(C)C)nc(SC)n1. The van der Waals surface area contributed by atoms with Gasteiger partial charge in [-0.3, -0.25) is 0 Å². The number of nitrogens with one attached hydrogen (secondary N) is 1. The fourth-order valence-electron chi connectivity index (χ4n) is 1.03. The second-order valence-corrected chi connectivity index (χ2v) is 4.25. The van der Waals surface area contributed by atoms with Crippen LogP contribution in [0.2, 0.25) is 0 Å². The van der Waals surface area contributed by atoms with Crippen molar-refractivity contribution in [2.75, 3.05) is 45.9 Å². The largest absolute Gasteiger partial charge is 0.476 e. The highest BCUT2D eigenvalue weighted by molar-refractivity contribution is 7.98. The van der Waals surface area contributed by atoms with E-state index in [1.807, 2.05) is 27.4 Å². The lowest BCUT2D eigenvalue weighted by atomic mass is 10.5. The van der Waals surface area contributed by atoms with Crippen LogP contribution in [0.4, 0.5) is 5.82 Å². The molecule has 0 aliphatic heterocycles. The lowest BCUT2D eigenvalue weighted by Gasteiger charge is -2.11. The Morgan fingerprint density at radius 1 is 1.44 bits per heavy atom. The summed E-state index contributed by atoms with van der Waals surface area (Å²) in [7, 11) is 5.85. The second kappa shape index (κ2) is 6.55. The van der Waals surface area contributed by atoms with Crippen molar-refractivity contribution in [3.05, 3.63) is 6.07 Å². The molecule has 0 bridgehead atoms. The van der Waals surface area contributed by atoms with Crippen LogP contribution in [0.5, 0.6) is 5.88 Å². The molecule has 0 aliphatic carbocycles. The molecule has 5 nitrogen and oxygen atoms in total. The van der Waals surface area contributed by atoms with Gasteiger partial charge in [0.05, 0.1) is 0 Å². The van der Waals surface area contributed by atoms with E-state index in [2.05, 4.69) is 20.2 Å². The van der Waals surface area contributed by atoms with Crippen LogP contribution in [0.3, 0.4) is 0 Å². The van der Waals surface area contributed by atoms with Crippen LogP contribution in [-0.2, 0) is 0 Å². The Kier molecular flexibility index (Phi) is 5.34. The van der Waals surface area contributed by atoms with E-state index in [1.165, 1.54) is 11.8 Å². The first-order valence-electron chi connectivity index (χ1n) is 5.04. The molecule has 0 unspecified atom stereocenters. The number of thioether (sulfide) groups is 1. The molecule has 0 fully saturated rings. The molecule has 6 heteroatoms. The van der Waals surface area contributed by atoms with Gasteiger partial charge in [0.25, 0.3) is 0 Å². The van der Waals surface area contributed by atoms with Gasteiger partial charge in [0.2, 0.25) is 5.88 Å². The van der Waals surface area contributed by atoms with E-state index < -0.39 is 0 Å². The zero-order chi connectivity index (χ0) is 12.0. The first-order chi connectivity index (χ1) is 7.65. The lowest BCUT2D eigenvalue weighted by Crippen LogP contribution is -2.19. The summed E-state index contributed by atoms with van der Waals surface area (Å²) in [5.41, 5.74) is 0. The van der Waals surface area contributed by atoms with Crippen molar-refractivity contribution in [1.29, 1.82) is 0 Å². The molecule has 1 N–H and O–H groups in total. The Labute approximate surface area is 101 Å². The van der Waals surface area contributed by atoms with E-state index in [9.17, 15) is 0 Å². The van der Waals surface area contributed by atoms with E-state index in [0.717, 1.165) is 12.4 Å². The smallest absolute Gasteiger partial charge is 0.219 e. The Hall–Kier alpha value is -1.01. The summed E-state index contributed by atoms with van der Waals surface area (Å²) in [5, 5.41) is 3.70. The molecule has 0 amide bonds. The summed E-state index contributed by atoms with van der Waals surface area (Å²) in [5.74, 6) is 1.39. The van der Waals surface area contributed by atoms with Crippen LogP contribution in [-0.4, -0.2) is 55.4 Å². The summed E-state index contributed by atoms with van der Waals surface area (Å²) in [4.78, 5) is 10.6. The summed E-state index contributed by atoms with van der Waals surface area (Å²) in [6.45, 7) is 1.49. The van der Waals surface area contributed by atoms with E-state index in [0.29, 0.717) is 17.6 Å². The molecule has 1 heterocycles. The van der Waals surface area contributed by atoms with Crippen LogP contribution < -0.4 is 10.1 Å². The fraction of sp³-hybridized carbons (Fsp3) is 0.600. The normalized spacial score (nSPS) is 10.6. The molecule has 0 radical (unpaired) electrons. The number of rotatable bonds is 6. The maximum absolute atomic E-state index is 5.56. The van der Waals surface area contributed by atoms with Crippen LogP contribution in [0.1, 0.15) is 0 Å². The van der Waals surface area contributed by atoms with Gasteiger partial charge in [-0.1, -0.05) is 11.8 Å². The van der Waals surface area contributed by atoms with Gasteiger partial charge in [0.15, 0.2) is 5.16 Å². The summed E-state index contributed by atoms with van der Waals surface area (Å²) in [6, 6.07) is 1.80. The molecule has 0 aliphatic rings. The first-order valence-corrected chi connectivity index (χ1v) is 6.26. The molecule has 0 saturated carbocycles. The van der Waals surface area contributed by atoms with Crippen molar-refractivity contribution in [3.63, 3.8) is 0 Å². The average Bonchev–Trinajstić information content (AvgIpc) is 2.28. The van der Waals surface area contributed by atoms with Crippen molar-refractivity contribution < 1.29 is 4.74 Å². The second-order valence-electron chi connectivity index (χ2n) is 3.48. The van der Waals surface area contributed by atoms with E-state index in [1.54, 1.807) is 6.07 Å². The molecular weight excluding hydrogens is 224 g/mol. The predicted molar refractivity (Wildman–Crippen MR) is 67.4 cm³/mol. The molecule has 16 heavy (non-hydrogen) atoms. The number of hydrogen-bond donors (Lipinski definition) is 1. The first kappa shape index (κ1) is 13.1. The minimum Gasteiger partial charge on any atom is -0.476 e. The third kappa shape index (κ3) is 4.24. The number of nitrogens with zero attached hydrogens (tertiary/aromatic N) is 3. The Bertz CT molecular complexity index is 310. The van der Waals surface area contributed by atoms with Crippen molar-refractivity contribution in [1.82, 2.24) is 14.9 Å². The standard InChI is InChI=1S/C10H18N4OS/c1-11-8-7-9(13-10(12-8)16-4)15-6-5-14(2)3/h7H,5-6H2,1-4H3,(H,11,12,13). The van der Waals surface area contributed by atoms with Gasteiger partial charge in [-0.25, -0.2) is 4.98 Å². The van der Waals surface area contributed by atoms with E-state index in [4.69, 9.17) is 4.74 Å². The molecule has 1 aromatic heterocycles. The van der Waals surface area contributed by atoms with Gasteiger partial charge < -0.3 is 15.0 Å². The fourth-order valence-corrected chi connectivity index (χ4v) is 1.40. The number of likely N-dealkylation sites (N-methyl/N-ethyl adjacent to an activating group) is 1. The van der Waals surface area contributed by atoms with E-state index in [-0.39, 0.29) is 0 Å². The minimum absolute atomic E-state index is 0.616. The monoisotopic (exact) mass is 242 g/mol. The van der Waals surface area contributed by atoms with Crippen molar-refractivity contribution in [2.45, 2.75) is 5.16 Å². The summed E-state index contributed by atoms with van der Waals surface area (Å²) < 4.78 is 5.56. The highest BCUT2D eigenvalue weighted by atomic mass is 32.2. The van der Waals surface area contributed by atoms with Crippen LogP contribution in [0.25, 0.3) is 0 Å². The Morgan fingerprint density at radius 2 is 2.19 bits per heavy atom. The number of anilines is 1. The quantitative estimate of drug-likeness (QED) is 0.597. The number of ether oxygens (including phenoxy) is 1. The molecule has 1 aromatic rings. The lowest BCUT2D eigenvalue weighted by molar-refractivity contribution is 0.252.